The lowest BCUT2D eigenvalue weighted by Gasteiger charge is -2.32. The Hall–Kier alpha value is -1.88. The van der Waals surface area contributed by atoms with Crippen molar-refractivity contribution in [1.29, 1.82) is 0 Å². The number of carbonyl (C=O) groups is 2. The van der Waals surface area contributed by atoms with Crippen molar-refractivity contribution in [2.75, 3.05) is 19.8 Å². The lowest BCUT2D eigenvalue weighted by atomic mass is 9.78. The number of hydrogen-bond donors (Lipinski definition) is 1. The van der Waals surface area contributed by atoms with Crippen molar-refractivity contribution >= 4 is 11.9 Å². The molecule has 1 spiro atoms. The molecule has 25 heavy (non-hydrogen) atoms. The van der Waals surface area contributed by atoms with Crippen LogP contribution in [0, 0.1) is 5.92 Å². The molecule has 2 heterocycles. The van der Waals surface area contributed by atoms with E-state index in [0.29, 0.717) is 44.4 Å². The summed E-state index contributed by atoms with van der Waals surface area (Å²) >= 11 is 0. The molecule has 2 saturated heterocycles. The minimum atomic E-state index is -0.698. The number of hydrogen-bond acceptors (Lipinski definition) is 3. The molecule has 134 valence electrons. The minimum Gasteiger partial charge on any atom is -0.381 e. The number of rotatable bonds is 3. The van der Waals surface area contributed by atoms with Gasteiger partial charge in [-0.05, 0) is 43.1 Å². The molecule has 0 bridgehead atoms. The fourth-order valence-electron chi connectivity index (χ4n) is 4.56. The fourth-order valence-corrected chi connectivity index (χ4v) is 4.56. The number of imide groups is 1. The second-order valence-corrected chi connectivity index (χ2v) is 7.67. The van der Waals surface area contributed by atoms with Crippen LogP contribution >= 0.6 is 0 Å². The van der Waals surface area contributed by atoms with Crippen molar-refractivity contribution in [3.8, 4) is 0 Å². The Morgan fingerprint density at radius 1 is 1.04 bits per heavy atom. The molecule has 4 rings (SSSR count). The van der Waals surface area contributed by atoms with Crippen molar-refractivity contribution in [3.63, 3.8) is 0 Å². The Morgan fingerprint density at radius 3 is 2.40 bits per heavy atom. The summed E-state index contributed by atoms with van der Waals surface area (Å²) in [6.45, 7) is 1.65. The number of amides is 3. The molecule has 3 amide bonds. The summed E-state index contributed by atoms with van der Waals surface area (Å²) in [5.41, 5.74) is 0.716. The smallest absolute Gasteiger partial charge is 0.325 e. The Kier molecular flexibility index (Phi) is 4.50. The predicted molar refractivity (Wildman–Crippen MR) is 94.2 cm³/mol. The van der Waals surface area contributed by atoms with Gasteiger partial charge in [0.05, 0.1) is 0 Å². The molecule has 1 N–H and O–H groups in total. The van der Waals surface area contributed by atoms with Crippen LogP contribution in [-0.2, 0) is 9.53 Å². The van der Waals surface area contributed by atoms with Gasteiger partial charge in [0, 0.05) is 32.6 Å². The van der Waals surface area contributed by atoms with E-state index in [9.17, 15) is 9.59 Å². The zero-order valence-corrected chi connectivity index (χ0v) is 14.6. The van der Waals surface area contributed by atoms with E-state index < -0.39 is 5.54 Å². The average Bonchev–Trinajstić information content (AvgIpc) is 2.88. The number of nitrogens with one attached hydrogen (secondary N) is 1. The summed E-state index contributed by atoms with van der Waals surface area (Å²) < 4.78 is 5.36. The molecule has 1 saturated carbocycles. The summed E-state index contributed by atoms with van der Waals surface area (Å²) in [5.74, 6) is 0.998. The van der Waals surface area contributed by atoms with E-state index in [4.69, 9.17) is 4.74 Å². The minimum absolute atomic E-state index is 0.0361. The largest absolute Gasteiger partial charge is 0.381 e. The summed E-state index contributed by atoms with van der Waals surface area (Å²) in [6, 6.07) is 10.5. The summed E-state index contributed by atoms with van der Waals surface area (Å²) in [6.07, 6.45) is 5.61. The normalized spacial score (nSPS) is 29.0. The van der Waals surface area contributed by atoms with Gasteiger partial charge in [0.1, 0.15) is 5.54 Å². The second-order valence-electron chi connectivity index (χ2n) is 7.67. The maximum atomic E-state index is 12.8. The van der Waals surface area contributed by atoms with E-state index in [1.807, 2.05) is 0 Å². The first-order chi connectivity index (χ1) is 12.2. The molecule has 5 nitrogen and oxygen atoms in total. The van der Waals surface area contributed by atoms with Crippen molar-refractivity contribution in [2.24, 2.45) is 5.92 Å². The van der Waals surface area contributed by atoms with Crippen LogP contribution in [0.5, 0.6) is 0 Å². The number of benzene rings is 1. The number of urea groups is 1. The molecule has 1 aliphatic carbocycles. The van der Waals surface area contributed by atoms with Gasteiger partial charge < -0.3 is 10.1 Å². The van der Waals surface area contributed by atoms with Gasteiger partial charge in [-0.25, -0.2) is 4.79 Å². The van der Waals surface area contributed by atoms with Gasteiger partial charge in [-0.15, -0.1) is 0 Å². The first kappa shape index (κ1) is 16.6. The van der Waals surface area contributed by atoms with Crippen molar-refractivity contribution in [1.82, 2.24) is 10.2 Å². The Balaban J connectivity index is 1.35. The third-order valence-electron chi connectivity index (χ3n) is 6.15. The fraction of sp³-hybridized carbons (Fsp3) is 0.600. The lowest BCUT2D eigenvalue weighted by Crippen LogP contribution is -2.51. The second kappa shape index (κ2) is 6.79. The van der Waals surface area contributed by atoms with Gasteiger partial charge in [0.2, 0.25) is 0 Å². The first-order valence-corrected chi connectivity index (χ1v) is 9.45. The van der Waals surface area contributed by atoms with Crippen LogP contribution < -0.4 is 5.32 Å². The standard InChI is InChI=1S/C20H26N2O3/c23-18-20(10-12-25-13-11-20)21-19(24)22(18)14-15-6-8-17(9-7-15)16-4-2-1-3-5-16/h1-5,15,17H,6-14H2,(H,21,24). The SMILES string of the molecule is O=C1NC2(CCOCC2)C(=O)N1CC1CCC(c2ccccc2)CC1. The molecular formula is C20H26N2O3. The highest BCUT2D eigenvalue weighted by Gasteiger charge is 2.52. The van der Waals surface area contributed by atoms with Crippen molar-refractivity contribution < 1.29 is 14.3 Å². The summed E-state index contributed by atoms with van der Waals surface area (Å²) in [5, 5.41) is 2.95. The van der Waals surface area contributed by atoms with Gasteiger partial charge >= 0.3 is 6.03 Å². The van der Waals surface area contributed by atoms with E-state index in [-0.39, 0.29) is 11.9 Å². The van der Waals surface area contributed by atoms with E-state index in [1.54, 1.807) is 0 Å². The molecule has 1 aromatic rings. The summed E-state index contributed by atoms with van der Waals surface area (Å²) in [7, 11) is 0. The van der Waals surface area contributed by atoms with Gasteiger partial charge in [0.15, 0.2) is 0 Å². The number of ether oxygens (including phenoxy) is 1. The Morgan fingerprint density at radius 2 is 1.72 bits per heavy atom. The highest BCUT2D eigenvalue weighted by Crippen LogP contribution is 2.37. The van der Waals surface area contributed by atoms with E-state index in [2.05, 4.69) is 35.6 Å². The monoisotopic (exact) mass is 342 g/mol. The lowest BCUT2D eigenvalue weighted by molar-refractivity contribution is -0.135. The van der Waals surface area contributed by atoms with Crippen molar-refractivity contribution in [2.45, 2.75) is 50.0 Å². The molecule has 5 heteroatoms. The molecule has 1 aromatic carbocycles. The van der Waals surface area contributed by atoms with Gasteiger partial charge in [-0.2, -0.15) is 0 Å². The topological polar surface area (TPSA) is 58.6 Å². The molecule has 2 aliphatic heterocycles. The zero-order chi connectivity index (χ0) is 17.3. The van der Waals surface area contributed by atoms with Gasteiger partial charge in [-0.3, -0.25) is 9.69 Å². The van der Waals surface area contributed by atoms with Crippen LogP contribution in [0.1, 0.15) is 50.0 Å². The third-order valence-corrected chi connectivity index (χ3v) is 6.15. The van der Waals surface area contributed by atoms with Gasteiger partial charge in [0.25, 0.3) is 5.91 Å². The Bertz CT molecular complexity index is 632. The number of carbonyl (C=O) groups excluding carboxylic acids is 2. The molecule has 0 radical (unpaired) electrons. The predicted octanol–water partition coefficient (Wildman–Crippen LogP) is 3.06. The quantitative estimate of drug-likeness (QED) is 0.859. The van der Waals surface area contributed by atoms with E-state index >= 15 is 0 Å². The maximum absolute atomic E-state index is 12.8. The highest BCUT2D eigenvalue weighted by atomic mass is 16.5. The maximum Gasteiger partial charge on any atom is 0.325 e. The summed E-state index contributed by atoms with van der Waals surface area (Å²) in [4.78, 5) is 26.7. The van der Waals surface area contributed by atoms with Crippen LogP contribution in [0.25, 0.3) is 0 Å². The molecule has 0 aromatic heterocycles. The first-order valence-electron chi connectivity index (χ1n) is 9.45. The van der Waals surface area contributed by atoms with E-state index in [0.717, 1.165) is 25.7 Å². The van der Waals surface area contributed by atoms with Crippen LogP contribution in [0.4, 0.5) is 4.79 Å². The molecular weight excluding hydrogens is 316 g/mol. The van der Waals surface area contributed by atoms with Crippen LogP contribution in [0.15, 0.2) is 30.3 Å². The Labute approximate surface area is 148 Å². The van der Waals surface area contributed by atoms with Crippen LogP contribution in [0.2, 0.25) is 0 Å². The molecule has 0 unspecified atom stereocenters. The van der Waals surface area contributed by atoms with Crippen LogP contribution in [0.3, 0.4) is 0 Å². The zero-order valence-electron chi connectivity index (χ0n) is 14.6. The van der Waals surface area contributed by atoms with Gasteiger partial charge in [-0.1, -0.05) is 30.3 Å². The molecule has 3 aliphatic rings. The van der Waals surface area contributed by atoms with E-state index in [1.165, 1.54) is 10.5 Å². The molecule has 3 fully saturated rings. The van der Waals surface area contributed by atoms with Crippen molar-refractivity contribution in [3.05, 3.63) is 35.9 Å². The number of nitrogens with zero attached hydrogens (tertiary/aromatic N) is 1. The highest BCUT2D eigenvalue weighted by molar-refractivity contribution is 6.07. The van der Waals surface area contributed by atoms with Crippen LogP contribution in [-0.4, -0.2) is 42.1 Å². The average molecular weight is 342 g/mol. The third kappa shape index (κ3) is 3.17. The molecule has 0 atom stereocenters.